The third-order valence-electron chi connectivity index (χ3n) is 3.57. The summed E-state index contributed by atoms with van der Waals surface area (Å²) >= 11 is 0. The maximum Gasteiger partial charge on any atom is 0.137 e. The van der Waals surface area contributed by atoms with Crippen LogP contribution in [0.5, 0.6) is 0 Å². The number of imidazole rings is 2. The van der Waals surface area contributed by atoms with Crippen LogP contribution in [0.25, 0.3) is 16.9 Å². The fraction of sp³-hybridized carbons (Fsp3) is 0.0588. The van der Waals surface area contributed by atoms with Crippen LogP contribution < -0.4 is 0 Å². The van der Waals surface area contributed by atoms with Gasteiger partial charge in [0.1, 0.15) is 5.65 Å². The Morgan fingerprint density at radius 2 is 1.76 bits per heavy atom. The highest BCUT2D eigenvalue weighted by Crippen LogP contribution is 2.24. The molecule has 21 heavy (non-hydrogen) atoms. The minimum Gasteiger partial charge on any atom is -0.331 e. The number of aromatic nitrogens is 4. The fourth-order valence-corrected chi connectivity index (χ4v) is 2.58. The molecule has 0 saturated heterocycles. The van der Waals surface area contributed by atoms with Gasteiger partial charge in [-0.2, -0.15) is 0 Å². The van der Waals surface area contributed by atoms with E-state index in [1.807, 2.05) is 48.9 Å². The van der Waals surface area contributed by atoms with Crippen molar-refractivity contribution in [2.45, 2.75) is 6.54 Å². The van der Waals surface area contributed by atoms with Gasteiger partial charge in [0.05, 0.1) is 24.3 Å². The summed E-state index contributed by atoms with van der Waals surface area (Å²) in [6, 6.07) is 16.4. The van der Waals surface area contributed by atoms with Crippen LogP contribution in [0.4, 0.5) is 0 Å². The second-order valence-corrected chi connectivity index (χ2v) is 4.94. The van der Waals surface area contributed by atoms with E-state index in [1.54, 1.807) is 6.20 Å². The van der Waals surface area contributed by atoms with Gasteiger partial charge in [0, 0.05) is 24.2 Å². The average molecular weight is 274 g/mol. The first-order valence-corrected chi connectivity index (χ1v) is 6.89. The van der Waals surface area contributed by atoms with Crippen molar-refractivity contribution in [2.24, 2.45) is 0 Å². The summed E-state index contributed by atoms with van der Waals surface area (Å²) in [5, 5.41) is 0. The first-order valence-electron chi connectivity index (χ1n) is 6.89. The molecule has 0 fully saturated rings. The molecule has 0 bridgehead atoms. The molecule has 4 aromatic rings. The summed E-state index contributed by atoms with van der Waals surface area (Å²) in [5.41, 5.74) is 4.29. The molecule has 0 saturated carbocycles. The lowest BCUT2D eigenvalue weighted by molar-refractivity contribution is 0.767. The largest absolute Gasteiger partial charge is 0.331 e. The summed E-state index contributed by atoms with van der Waals surface area (Å²) < 4.78 is 4.20. The number of rotatable bonds is 3. The minimum absolute atomic E-state index is 0.745. The summed E-state index contributed by atoms with van der Waals surface area (Å²) in [6.45, 7) is 0.745. The SMILES string of the molecule is c1ccc(-c2nc3ccccn3c2Cn2ccnc2)cc1. The molecule has 4 heteroatoms. The standard InChI is InChI=1S/C17H14N4/c1-2-6-14(7-3-1)17-15(12-20-11-9-18-13-20)21-10-5-4-8-16(21)19-17/h1-11,13H,12H2. The maximum absolute atomic E-state index is 4.79. The van der Waals surface area contributed by atoms with Gasteiger partial charge in [0.2, 0.25) is 0 Å². The number of pyridine rings is 1. The normalized spacial score (nSPS) is 11.0. The summed E-state index contributed by atoms with van der Waals surface area (Å²) in [5.74, 6) is 0. The van der Waals surface area contributed by atoms with Crippen LogP contribution in [-0.4, -0.2) is 18.9 Å². The van der Waals surface area contributed by atoms with Gasteiger partial charge in [-0.3, -0.25) is 0 Å². The van der Waals surface area contributed by atoms with E-state index in [1.165, 1.54) is 0 Å². The van der Waals surface area contributed by atoms with E-state index in [0.717, 1.165) is 29.1 Å². The Kier molecular flexibility index (Phi) is 2.78. The molecule has 4 rings (SSSR count). The smallest absolute Gasteiger partial charge is 0.137 e. The van der Waals surface area contributed by atoms with Gasteiger partial charge >= 0.3 is 0 Å². The first kappa shape index (κ1) is 11.9. The van der Waals surface area contributed by atoms with Crippen LogP contribution in [0, 0.1) is 0 Å². The van der Waals surface area contributed by atoms with E-state index in [9.17, 15) is 0 Å². The van der Waals surface area contributed by atoms with Crippen molar-refractivity contribution >= 4 is 5.65 Å². The Morgan fingerprint density at radius 1 is 0.905 bits per heavy atom. The van der Waals surface area contributed by atoms with Gasteiger partial charge in [-0.15, -0.1) is 0 Å². The molecule has 0 aliphatic rings. The Balaban J connectivity index is 1.93. The summed E-state index contributed by atoms with van der Waals surface area (Å²) in [7, 11) is 0. The van der Waals surface area contributed by atoms with Gasteiger partial charge in [-0.05, 0) is 12.1 Å². The first-order chi connectivity index (χ1) is 10.4. The summed E-state index contributed by atoms with van der Waals surface area (Å²) in [4.78, 5) is 8.91. The van der Waals surface area contributed by atoms with Crippen molar-refractivity contribution in [1.82, 2.24) is 18.9 Å². The molecule has 4 nitrogen and oxygen atoms in total. The number of benzene rings is 1. The van der Waals surface area contributed by atoms with Crippen LogP contribution in [0.3, 0.4) is 0 Å². The molecule has 0 atom stereocenters. The predicted molar refractivity (Wildman–Crippen MR) is 82.0 cm³/mol. The molecule has 0 aliphatic heterocycles. The van der Waals surface area contributed by atoms with E-state index in [0.29, 0.717) is 0 Å². The third kappa shape index (κ3) is 2.10. The second kappa shape index (κ2) is 4.90. The number of nitrogens with zero attached hydrogens (tertiary/aromatic N) is 4. The third-order valence-corrected chi connectivity index (χ3v) is 3.57. The number of hydrogen-bond acceptors (Lipinski definition) is 2. The summed E-state index contributed by atoms with van der Waals surface area (Å²) in [6.07, 6.45) is 7.65. The van der Waals surface area contributed by atoms with Crippen molar-refractivity contribution < 1.29 is 0 Å². The Morgan fingerprint density at radius 3 is 2.57 bits per heavy atom. The number of fused-ring (bicyclic) bond motifs is 1. The quantitative estimate of drug-likeness (QED) is 0.575. The molecule has 0 N–H and O–H groups in total. The molecule has 0 aliphatic carbocycles. The monoisotopic (exact) mass is 274 g/mol. The van der Waals surface area contributed by atoms with Crippen LogP contribution in [0.2, 0.25) is 0 Å². The van der Waals surface area contributed by atoms with Crippen LogP contribution in [0.1, 0.15) is 5.69 Å². The molecular weight excluding hydrogens is 260 g/mol. The molecule has 0 spiro atoms. The van der Waals surface area contributed by atoms with Crippen molar-refractivity contribution in [3.63, 3.8) is 0 Å². The van der Waals surface area contributed by atoms with Crippen LogP contribution >= 0.6 is 0 Å². The van der Waals surface area contributed by atoms with Crippen molar-refractivity contribution in [2.75, 3.05) is 0 Å². The van der Waals surface area contributed by atoms with E-state index in [2.05, 4.69) is 32.3 Å². The van der Waals surface area contributed by atoms with Gasteiger partial charge in [-0.1, -0.05) is 36.4 Å². The highest BCUT2D eigenvalue weighted by Gasteiger charge is 2.13. The molecule has 3 aromatic heterocycles. The molecule has 0 radical (unpaired) electrons. The highest BCUT2D eigenvalue weighted by molar-refractivity contribution is 5.66. The van der Waals surface area contributed by atoms with E-state index in [-0.39, 0.29) is 0 Å². The average Bonchev–Trinajstić information content (AvgIpc) is 3.17. The molecule has 0 unspecified atom stereocenters. The molecule has 1 aromatic carbocycles. The highest BCUT2D eigenvalue weighted by atomic mass is 15.1. The van der Waals surface area contributed by atoms with E-state index >= 15 is 0 Å². The minimum atomic E-state index is 0.745. The van der Waals surface area contributed by atoms with Gasteiger partial charge in [0.15, 0.2) is 0 Å². The fourth-order valence-electron chi connectivity index (χ4n) is 2.58. The van der Waals surface area contributed by atoms with Gasteiger partial charge < -0.3 is 8.97 Å². The lowest BCUT2D eigenvalue weighted by atomic mass is 10.1. The lowest BCUT2D eigenvalue weighted by Gasteiger charge is -2.06. The van der Waals surface area contributed by atoms with Crippen LogP contribution in [-0.2, 0) is 6.54 Å². The van der Waals surface area contributed by atoms with Crippen LogP contribution in [0.15, 0.2) is 73.4 Å². The molecule has 3 heterocycles. The van der Waals surface area contributed by atoms with E-state index < -0.39 is 0 Å². The lowest BCUT2D eigenvalue weighted by Crippen LogP contribution is -2.02. The Labute approximate surface area is 122 Å². The molecule has 102 valence electrons. The second-order valence-electron chi connectivity index (χ2n) is 4.94. The maximum atomic E-state index is 4.79. The zero-order valence-corrected chi connectivity index (χ0v) is 11.4. The zero-order valence-electron chi connectivity index (χ0n) is 11.4. The van der Waals surface area contributed by atoms with Gasteiger partial charge in [0.25, 0.3) is 0 Å². The predicted octanol–water partition coefficient (Wildman–Crippen LogP) is 3.25. The molecular formula is C17H14N4. The Hall–Kier alpha value is -2.88. The van der Waals surface area contributed by atoms with Crippen molar-refractivity contribution in [1.29, 1.82) is 0 Å². The zero-order chi connectivity index (χ0) is 14.1. The Bertz CT molecular complexity index is 860. The number of hydrogen-bond donors (Lipinski definition) is 0. The van der Waals surface area contributed by atoms with E-state index in [4.69, 9.17) is 4.98 Å². The van der Waals surface area contributed by atoms with Gasteiger partial charge in [-0.25, -0.2) is 9.97 Å². The van der Waals surface area contributed by atoms with Crippen molar-refractivity contribution in [3.8, 4) is 11.3 Å². The molecule has 0 amide bonds. The topological polar surface area (TPSA) is 35.1 Å². The van der Waals surface area contributed by atoms with Crippen molar-refractivity contribution in [3.05, 3.63) is 79.1 Å².